The van der Waals surface area contributed by atoms with E-state index in [0.717, 1.165) is 5.56 Å². The Labute approximate surface area is 156 Å². The Balaban J connectivity index is 1.77. The summed E-state index contributed by atoms with van der Waals surface area (Å²) >= 11 is 0. The number of nitrogens with one attached hydrogen (secondary N) is 1. The zero-order chi connectivity index (χ0) is 19.6. The topological polar surface area (TPSA) is 108 Å². The molecule has 8 heteroatoms. The molecular formula is C19H20N2O6. The van der Waals surface area contributed by atoms with Gasteiger partial charge in [-0.2, -0.15) is 0 Å². The molecule has 142 valence electrons. The molecule has 27 heavy (non-hydrogen) atoms. The molecule has 0 atom stereocenters. The molecular weight excluding hydrogens is 352 g/mol. The maximum Gasteiger partial charge on any atom is 0.306 e. The van der Waals surface area contributed by atoms with Gasteiger partial charge in [-0.05, 0) is 11.6 Å². The second-order valence-electron chi connectivity index (χ2n) is 5.65. The van der Waals surface area contributed by atoms with E-state index in [9.17, 15) is 19.7 Å². The third-order valence-electron chi connectivity index (χ3n) is 3.72. The second-order valence-corrected chi connectivity index (χ2v) is 5.65. The van der Waals surface area contributed by atoms with Crippen LogP contribution in [0.1, 0.15) is 18.4 Å². The van der Waals surface area contributed by atoms with Crippen LogP contribution < -0.4 is 10.1 Å². The van der Waals surface area contributed by atoms with Crippen molar-refractivity contribution in [3.05, 3.63) is 64.2 Å². The van der Waals surface area contributed by atoms with Gasteiger partial charge in [-0.1, -0.05) is 30.3 Å². The number of ether oxygens (including phenoxy) is 2. The van der Waals surface area contributed by atoms with Crippen LogP contribution in [-0.4, -0.2) is 30.5 Å². The molecule has 0 unspecified atom stereocenters. The third kappa shape index (κ3) is 6.43. The van der Waals surface area contributed by atoms with Gasteiger partial charge in [-0.3, -0.25) is 19.7 Å². The number of methoxy groups -OCH3 is 1. The van der Waals surface area contributed by atoms with Crippen LogP contribution in [0.3, 0.4) is 0 Å². The lowest BCUT2D eigenvalue weighted by molar-refractivity contribution is -0.384. The highest BCUT2D eigenvalue weighted by molar-refractivity contribution is 5.94. The van der Waals surface area contributed by atoms with Crippen LogP contribution in [0.25, 0.3) is 0 Å². The Morgan fingerprint density at radius 1 is 1.11 bits per heavy atom. The largest absolute Gasteiger partial charge is 0.494 e. The maximum atomic E-state index is 12.0. The van der Waals surface area contributed by atoms with Crippen molar-refractivity contribution in [3.63, 3.8) is 0 Å². The number of carbonyl (C=O) groups is 2. The first-order valence-corrected chi connectivity index (χ1v) is 8.31. The minimum absolute atomic E-state index is 0.0596. The summed E-state index contributed by atoms with van der Waals surface area (Å²) in [6, 6.07) is 13.5. The number of nitro benzene ring substituents is 1. The highest BCUT2D eigenvalue weighted by atomic mass is 16.6. The van der Waals surface area contributed by atoms with E-state index >= 15 is 0 Å². The summed E-state index contributed by atoms with van der Waals surface area (Å²) in [4.78, 5) is 33.9. The van der Waals surface area contributed by atoms with Crippen LogP contribution >= 0.6 is 0 Å². The first kappa shape index (κ1) is 19.9. The summed E-state index contributed by atoms with van der Waals surface area (Å²) in [5.74, 6) is -0.707. The van der Waals surface area contributed by atoms with Gasteiger partial charge in [-0.25, -0.2) is 0 Å². The van der Waals surface area contributed by atoms with Gasteiger partial charge < -0.3 is 14.8 Å². The summed E-state index contributed by atoms with van der Waals surface area (Å²) in [5, 5.41) is 13.3. The molecule has 0 saturated carbocycles. The number of non-ortho nitro benzene ring substituents is 1. The predicted molar refractivity (Wildman–Crippen MR) is 98.6 cm³/mol. The molecule has 8 nitrogen and oxygen atoms in total. The minimum Gasteiger partial charge on any atom is -0.494 e. The molecule has 0 spiro atoms. The van der Waals surface area contributed by atoms with Crippen LogP contribution in [0.2, 0.25) is 0 Å². The number of hydrogen-bond donors (Lipinski definition) is 1. The Hall–Kier alpha value is -3.42. The first-order chi connectivity index (χ1) is 13.0. The molecule has 2 aromatic carbocycles. The molecule has 0 aliphatic heterocycles. The van der Waals surface area contributed by atoms with E-state index in [2.05, 4.69) is 5.32 Å². The number of nitro groups is 1. The van der Waals surface area contributed by atoms with Crippen molar-refractivity contribution in [2.24, 2.45) is 0 Å². The number of hydrogen-bond acceptors (Lipinski definition) is 6. The van der Waals surface area contributed by atoms with Gasteiger partial charge in [0.25, 0.3) is 5.69 Å². The lowest BCUT2D eigenvalue weighted by atomic mass is 10.2. The molecule has 2 rings (SSSR count). The maximum absolute atomic E-state index is 12.0. The average Bonchev–Trinajstić information content (AvgIpc) is 2.67. The van der Waals surface area contributed by atoms with Crippen molar-refractivity contribution in [1.82, 2.24) is 0 Å². The first-order valence-electron chi connectivity index (χ1n) is 8.31. The van der Waals surface area contributed by atoms with E-state index in [0.29, 0.717) is 12.1 Å². The van der Waals surface area contributed by atoms with E-state index < -0.39 is 16.8 Å². The number of carbonyl (C=O) groups excluding carboxylic acids is 2. The van der Waals surface area contributed by atoms with Gasteiger partial charge >= 0.3 is 5.97 Å². The SMILES string of the molecule is COc1cc([N+](=O)[O-])ccc1NC(=O)CCC(=O)OCCc1ccccc1. The smallest absolute Gasteiger partial charge is 0.306 e. The Morgan fingerprint density at radius 2 is 1.85 bits per heavy atom. The van der Waals surface area contributed by atoms with Crippen molar-refractivity contribution in [2.45, 2.75) is 19.3 Å². The lowest BCUT2D eigenvalue weighted by Gasteiger charge is -2.10. The number of anilines is 1. The van der Waals surface area contributed by atoms with Crippen molar-refractivity contribution >= 4 is 23.3 Å². The summed E-state index contributed by atoms with van der Waals surface area (Å²) in [7, 11) is 1.35. The second kappa shape index (κ2) is 9.91. The fourth-order valence-electron chi connectivity index (χ4n) is 2.32. The van der Waals surface area contributed by atoms with Crippen molar-refractivity contribution < 1.29 is 24.0 Å². The molecule has 0 heterocycles. The van der Waals surface area contributed by atoms with Crippen LogP contribution in [0.15, 0.2) is 48.5 Å². The monoisotopic (exact) mass is 372 g/mol. The van der Waals surface area contributed by atoms with Crippen LogP contribution in [0, 0.1) is 10.1 Å². The molecule has 2 aromatic rings. The van der Waals surface area contributed by atoms with Gasteiger partial charge in [0, 0.05) is 18.9 Å². The van der Waals surface area contributed by atoms with Crippen LogP contribution in [-0.2, 0) is 20.7 Å². The predicted octanol–water partition coefficient (Wildman–Crippen LogP) is 3.11. The number of benzene rings is 2. The van der Waals surface area contributed by atoms with E-state index in [4.69, 9.17) is 9.47 Å². The Morgan fingerprint density at radius 3 is 2.52 bits per heavy atom. The standard InChI is InChI=1S/C19H20N2O6/c1-26-17-13-15(21(24)25)7-8-16(17)20-18(22)9-10-19(23)27-12-11-14-5-3-2-4-6-14/h2-8,13H,9-12H2,1H3,(H,20,22). The molecule has 1 N–H and O–H groups in total. The fourth-order valence-corrected chi connectivity index (χ4v) is 2.32. The van der Waals surface area contributed by atoms with Crippen LogP contribution in [0.5, 0.6) is 5.75 Å². The molecule has 0 fully saturated rings. The molecule has 0 bridgehead atoms. The number of nitrogens with zero attached hydrogens (tertiary/aromatic N) is 1. The van der Waals surface area contributed by atoms with Gasteiger partial charge in [0.1, 0.15) is 5.75 Å². The number of rotatable bonds is 9. The van der Waals surface area contributed by atoms with E-state index in [1.54, 1.807) is 0 Å². The minimum atomic E-state index is -0.556. The van der Waals surface area contributed by atoms with Crippen molar-refractivity contribution in [3.8, 4) is 5.75 Å². The van der Waals surface area contributed by atoms with Gasteiger partial charge in [-0.15, -0.1) is 0 Å². The third-order valence-corrected chi connectivity index (χ3v) is 3.72. The Bertz CT molecular complexity index is 807. The van der Waals surface area contributed by atoms with E-state index in [-0.39, 0.29) is 30.9 Å². The van der Waals surface area contributed by atoms with Gasteiger partial charge in [0.05, 0.1) is 36.8 Å². The van der Waals surface area contributed by atoms with E-state index in [1.807, 2.05) is 30.3 Å². The molecule has 0 aliphatic rings. The normalized spacial score (nSPS) is 10.1. The molecule has 1 amide bonds. The van der Waals surface area contributed by atoms with E-state index in [1.165, 1.54) is 25.3 Å². The van der Waals surface area contributed by atoms with Gasteiger partial charge in [0.2, 0.25) is 5.91 Å². The average molecular weight is 372 g/mol. The zero-order valence-electron chi connectivity index (χ0n) is 14.8. The molecule has 0 aromatic heterocycles. The van der Waals surface area contributed by atoms with Gasteiger partial charge in [0.15, 0.2) is 0 Å². The molecule has 0 radical (unpaired) electrons. The van der Waals surface area contributed by atoms with Crippen LogP contribution in [0.4, 0.5) is 11.4 Å². The van der Waals surface area contributed by atoms with Crippen molar-refractivity contribution in [1.29, 1.82) is 0 Å². The van der Waals surface area contributed by atoms with Crippen molar-refractivity contribution in [2.75, 3.05) is 19.0 Å². The highest BCUT2D eigenvalue weighted by Gasteiger charge is 2.14. The molecule has 0 aliphatic carbocycles. The summed E-state index contributed by atoms with van der Waals surface area (Å²) in [5.41, 5.74) is 1.21. The number of esters is 1. The molecule has 0 saturated heterocycles. The fraction of sp³-hybridized carbons (Fsp3) is 0.263. The quantitative estimate of drug-likeness (QED) is 0.412. The summed E-state index contributed by atoms with van der Waals surface area (Å²) in [6.07, 6.45) is 0.485. The highest BCUT2D eigenvalue weighted by Crippen LogP contribution is 2.29. The number of amides is 1. The zero-order valence-corrected chi connectivity index (χ0v) is 14.8. The summed E-state index contributed by atoms with van der Waals surface area (Å²) < 4.78 is 10.2. The summed E-state index contributed by atoms with van der Waals surface area (Å²) in [6.45, 7) is 0.251. The Kier molecular flexibility index (Phi) is 7.30. The lowest BCUT2D eigenvalue weighted by Crippen LogP contribution is -2.15.